The van der Waals surface area contributed by atoms with Crippen LogP contribution in [0.1, 0.15) is 51.4 Å². The second-order valence-corrected chi connectivity index (χ2v) is 7.08. The molecule has 0 aromatic carbocycles. The van der Waals surface area contributed by atoms with Gasteiger partial charge in [0.25, 0.3) is 0 Å². The van der Waals surface area contributed by atoms with Gasteiger partial charge in [-0.05, 0) is 18.8 Å². The van der Waals surface area contributed by atoms with Crippen molar-refractivity contribution in [3.63, 3.8) is 0 Å². The lowest BCUT2D eigenvalue weighted by Gasteiger charge is -2.23. The molecule has 0 radical (unpaired) electrons. The van der Waals surface area contributed by atoms with Gasteiger partial charge < -0.3 is 10.6 Å². The van der Waals surface area contributed by atoms with E-state index in [-0.39, 0.29) is 5.91 Å². The third-order valence-corrected chi connectivity index (χ3v) is 5.40. The first kappa shape index (κ1) is 15.2. The quantitative estimate of drug-likeness (QED) is 0.737. The highest BCUT2D eigenvalue weighted by Gasteiger charge is 2.16. The van der Waals surface area contributed by atoms with E-state index >= 15 is 0 Å². The summed E-state index contributed by atoms with van der Waals surface area (Å²) < 4.78 is 0. The molecule has 1 heterocycles. The van der Waals surface area contributed by atoms with Crippen LogP contribution in [-0.4, -0.2) is 36.5 Å². The smallest absolute Gasteiger partial charge is 0.221 e. The summed E-state index contributed by atoms with van der Waals surface area (Å²) in [5.74, 6) is 3.42. The number of amides is 1. The molecular weight excluding hydrogens is 256 g/mol. The molecule has 2 rings (SSSR count). The van der Waals surface area contributed by atoms with Crippen molar-refractivity contribution in [1.29, 1.82) is 0 Å². The summed E-state index contributed by atoms with van der Waals surface area (Å²) in [5.41, 5.74) is 0. The Labute approximate surface area is 121 Å². The Hall–Kier alpha value is -0.220. The molecule has 1 unspecified atom stereocenters. The highest BCUT2D eigenvalue weighted by Crippen LogP contribution is 2.26. The van der Waals surface area contributed by atoms with Crippen LogP contribution in [0.25, 0.3) is 0 Å². The van der Waals surface area contributed by atoms with Crippen LogP contribution >= 0.6 is 11.8 Å². The number of nitrogens with one attached hydrogen (secondary N) is 2. The molecule has 0 aromatic rings. The maximum atomic E-state index is 11.8. The normalized spacial score (nSPS) is 25.2. The van der Waals surface area contributed by atoms with Crippen LogP contribution in [0.5, 0.6) is 0 Å². The zero-order valence-corrected chi connectivity index (χ0v) is 12.8. The first-order valence-electron chi connectivity index (χ1n) is 7.92. The van der Waals surface area contributed by atoms with Crippen molar-refractivity contribution in [3.05, 3.63) is 0 Å². The second kappa shape index (κ2) is 8.85. The van der Waals surface area contributed by atoms with Crippen molar-refractivity contribution in [2.24, 2.45) is 5.92 Å². The molecule has 1 saturated carbocycles. The van der Waals surface area contributed by atoms with Gasteiger partial charge in [-0.2, -0.15) is 11.8 Å². The van der Waals surface area contributed by atoms with E-state index in [1.807, 2.05) is 11.8 Å². The van der Waals surface area contributed by atoms with Crippen molar-refractivity contribution in [2.75, 3.05) is 24.6 Å². The van der Waals surface area contributed by atoms with Crippen molar-refractivity contribution >= 4 is 17.7 Å². The molecule has 19 heavy (non-hydrogen) atoms. The Bertz CT molecular complexity index is 261. The topological polar surface area (TPSA) is 41.1 Å². The van der Waals surface area contributed by atoms with E-state index in [2.05, 4.69) is 10.6 Å². The molecule has 4 heteroatoms. The van der Waals surface area contributed by atoms with Gasteiger partial charge >= 0.3 is 0 Å². The van der Waals surface area contributed by atoms with Gasteiger partial charge in [-0.3, -0.25) is 4.79 Å². The lowest BCUT2D eigenvalue weighted by atomic mass is 9.86. The van der Waals surface area contributed by atoms with Crippen LogP contribution in [-0.2, 0) is 4.79 Å². The Morgan fingerprint density at radius 1 is 1.26 bits per heavy atom. The summed E-state index contributed by atoms with van der Waals surface area (Å²) in [7, 11) is 0. The van der Waals surface area contributed by atoms with Gasteiger partial charge in [0.15, 0.2) is 0 Å². The molecule has 1 amide bonds. The molecule has 1 atom stereocenters. The molecule has 2 N–H and O–H groups in total. The predicted octanol–water partition coefficient (Wildman–Crippen LogP) is 2.56. The van der Waals surface area contributed by atoms with Gasteiger partial charge in [0.05, 0.1) is 0 Å². The Morgan fingerprint density at radius 2 is 2.11 bits per heavy atom. The van der Waals surface area contributed by atoms with E-state index in [9.17, 15) is 4.79 Å². The van der Waals surface area contributed by atoms with E-state index in [4.69, 9.17) is 0 Å². The molecule has 0 aromatic heterocycles. The van der Waals surface area contributed by atoms with E-state index < -0.39 is 0 Å². The van der Waals surface area contributed by atoms with Gasteiger partial charge in [-0.1, -0.05) is 32.1 Å². The zero-order chi connectivity index (χ0) is 13.3. The monoisotopic (exact) mass is 284 g/mol. The third-order valence-electron chi connectivity index (χ3n) is 4.27. The van der Waals surface area contributed by atoms with Crippen LogP contribution in [0, 0.1) is 5.92 Å². The number of hydrogen-bond acceptors (Lipinski definition) is 3. The highest BCUT2D eigenvalue weighted by molar-refractivity contribution is 7.99. The fraction of sp³-hybridized carbons (Fsp3) is 0.933. The van der Waals surface area contributed by atoms with Crippen LogP contribution in [0.15, 0.2) is 0 Å². The molecule has 1 aliphatic heterocycles. The summed E-state index contributed by atoms with van der Waals surface area (Å²) in [6.07, 6.45) is 10.2. The molecule has 2 fully saturated rings. The molecule has 3 nitrogen and oxygen atoms in total. The summed E-state index contributed by atoms with van der Waals surface area (Å²) >= 11 is 1.95. The number of carbonyl (C=O) groups is 1. The molecule has 0 bridgehead atoms. The standard InChI is InChI=1S/C15H28N2OS/c18-15(11-14-12-19-10-9-16-14)17-8-4-7-13-5-2-1-3-6-13/h13-14,16H,1-12H2,(H,17,18). The maximum absolute atomic E-state index is 11.8. The van der Waals surface area contributed by atoms with Gasteiger partial charge in [-0.15, -0.1) is 0 Å². The first-order chi connectivity index (χ1) is 9.34. The minimum atomic E-state index is 0.226. The van der Waals surface area contributed by atoms with Gasteiger partial charge in [0.2, 0.25) is 5.91 Å². The van der Waals surface area contributed by atoms with Crippen molar-refractivity contribution in [2.45, 2.75) is 57.4 Å². The van der Waals surface area contributed by atoms with E-state index in [1.54, 1.807) is 0 Å². The largest absolute Gasteiger partial charge is 0.356 e. The Kier molecular flexibility index (Phi) is 7.07. The fourth-order valence-corrected chi connectivity index (χ4v) is 4.09. The molecule has 0 spiro atoms. The summed E-state index contributed by atoms with van der Waals surface area (Å²) in [6, 6.07) is 0.386. The SMILES string of the molecule is O=C(CC1CSCCN1)NCCCC1CCCCC1. The van der Waals surface area contributed by atoms with Crippen LogP contribution in [0.3, 0.4) is 0 Å². The van der Waals surface area contributed by atoms with Crippen LogP contribution in [0.4, 0.5) is 0 Å². The number of rotatable bonds is 6. The number of hydrogen-bond donors (Lipinski definition) is 2. The third kappa shape index (κ3) is 6.17. The number of carbonyl (C=O) groups excluding carboxylic acids is 1. The van der Waals surface area contributed by atoms with E-state index in [1.165, 1.54) is 44.3 Å². The van der Waals surface area contributed by atoms with Gasteiger partial charge in [0.1, 0.15) is 0 Å². The van der Waals surface area contributed by atoms with Crippen LogP contribution < -0.4 is 10.6 Å². The van der Waals surface area contributed by atoms with Gasteiger partial charge in [0, 0.05) is 37.1 Å². The summed E-state index contributed by atoms with van der Waals surface area (Å²) in [5, 5.41) is 6.49. The highest BCUT2D eigenvalue weighted by atomic mass is 32.2. The zero-order valence-electron chi connectivity index (χ0n) is 12.0. The lowest BCUT2D eigenvalue weighted by molar-refractivity contribution is -0.121. The average Bonchev–Trinajstić information content (AvgIpc) is 2.46. The molecule has 110 valence electrons. The second-order valence-electron chi connectivity index (χ2n) is 5.93. The lowest BCUT2D eigenvalue weighted by Crippen LogP contribution is -2.41. The van der Waals surface area contributed by atoms with E-state index in [0.29, 0.717) is 12.5 Å². The fourth-order valence-electron chi connectivity index (χ4n) is 3.14. The average molecular weight is 284 g/mol. The van der Waals surface area contributed by atoms with Crippen LogP contribution in [0.2, 0.25) is 0 Å². The maximum Gasteiger partial charge on any atom is 0.221 e. The van der Waals surface area contributed by atoms with Gasteiger partial charge in [-0.25, -0.2) is 0 Å². The number of thioether (sulfide) groups is 1. The molecule has 1 saturated heterocycles. The molecule has 2 aliphatic rings. The Balaban J connectivity index is 1.48. The summed E-state index contributed by atoms with van der Waals surface area (Å²) in [4.78, 5) is 11.8. The molecule has 1 aliphatic carbocycles. The summed E-state index contributed by atoms with van der Waals surface area (Å²) in [6.45, 7) is 1.92. The predicted molar refractivity (Wildman–Crippen MR) is 82.6 cm³/mol. The van der Waals surface area contributed by atoms with Crippen molar-refractivity contribution in [3.8, 4) is 0 Å². The van der Waals surface area contributed by atoms with Crippen molar-refractivity contribution in [1.82, 2.24) is 10.6 Å². The minimum absolute atomic E-state index is 0.226. The first-order valence-corrected chi connectivity index (χ1v) is 9.08. The van der Waals surface area contributed by atoms with E-state index in [0.717, 1.165) is 31.2 Å². The van der Waals surface area contributed by atoms with Crippen molar-refractivity contribution < 1.29 is 4.79 Å². The minimum Gasteiger partial charge on any atom is -0.356 e. The Morgan fingerprint density at radius 3 is 2.84 bits per heavy atom. The molecular formula is C15H28N2OS.